The van der Waals surface area contributed by atoms with Gasteiger partial charge in [-0.2, -0.15) is 0 Å². The van der Waals surface area contributed by atoms with E-state index in [9.17, 15) is 9.18 Å². The summed E-state index contributed by atoms with van der Waals surface area (Å²) < 4.78 is 15.4. The van der Waals surface area contributed by atoms with Crippen LogP contribution >= 0.6 is 0 Å². The minimum absolute atomic E-state index is 0.000411. The van der Waals surface area contributed by atoms with E-state index in [0.29, 0.717) is 0 Å². The van der Waals surface area contributed by atoms with Crippen LogP contribution in [0.1, 0.15) is 37.9 Å². The first-order valence-corrected chi connectivity index (χ1v) is 9.31. The van der Waals surface area contributed by atoms with Crippen molar-refractivity contribution in [1.82, 2.24) is 19.8 Å². The monoisotopic (exact) mass is 358 g/mol. The second-order valence-electron chi connectivity index (χ2n) is 6.99. The van der Waals surface area contributed by atoms with Gasteiger partial charge in [0.05, 0.1) is 12.0 Å². The number of halogens is 1. The molecule has 1 fully saturated rings. The normalized spacial score (nSPS) is 20.9. The minimum Gasteiger partial charge on any atom is -0.352 e. The number of piperidine rings is 1. The average molecular weight is 358 g/mol. The Morgan fingerprint density at radius 1 is 1.35 bits per heavy atom. The molecule has 1 aromatic carbocycles. The van der Waals surface area contributed by atoms with Gasteiger partial charge in [0.1, 0.15) is 5.82 Å². The summed E-state index contributed by atoms with van der Waals surface area (Å²) in [5, 5.41) is 3.12. The standard InChI is InChI=1S/C20H27FN4O/c1-3-24-14-22-12-18(24)13-25-10-4-5-19(23-15(2)26)20(25)11-16-6-8-17(21)9-7-16/h6-9,12,14,19-20H,3-5,10-11,13H2,1-2H3,(H,23,26)/t19-,20-/m0/s1. The number of hydrogen-bond acceptors (Lipinski definition) is 3. The summed E-state index contributed by atoms with van der Waals surface area (Å²) in [6.07, 6.45) is 6.58. The van der Waals surface area contributed by atoms with Gasteiger partial charge in [-0.3, -0.25) is 9.69 Å². The smallest absolute Gasteiger partial charge is 0.217 e. The molecule has 2 atom stereocenters. The van der Waals surface area contributed by atoms with Crippen molar-refractivity contribution < 1.29 is 9.18 Å². The number of aromatic nitrogens is 2. The van der Waals surface area contributed by atoms with E-state index in [1.165, 1.54) is 17.8 Å². The molecular weight excluding hydrogens is 331 g/mol. The van der Waals surface area contributed by atoms with Crippen molar-refractivity contribution >= 4 is 5.91 Å². The van der Waals surface area contributed by atoms with Crippen LogP contribution in [-0.4, -0.2) is 39.0 Å². The van der Waals surface area contributed by atoms with Crippen molar-refractivity contribution in [3.05, 3.63) is 53.9 Å². The van der Waals surface area contributed by atoms with Gasteiger partial charge in [-0.05, 0) is 50.4 Å². The molecule has 1 aromatic heterocycles. The van der Waals surface area contributed by atoms with E-state index in [0.717, 1.165) is 44.5 Å². The Bertz CT molecular complexity index is 728. The molecule has 1 aliphatic rings. The zero-order valence-electron chi connectivity index (χ0n) is 15.5. The second-order valence-corrected chi connectivity index (χ2v) is 6.99. The Labute approximate surface area is 154 Å². The molecule has 0 radical (unpaired) electrons. The van der Waals surface area contributed by atoms with Crippen molar-refractivity contribution in [3.8, 4) is 0 Å². The maximum atomic E-state index is 13.2. The van der Waals surface area contributed by atoms with Gasteiger partial charge in [0.15, 0.2) is 0 Å². The predicted octanol–water partition coefficient (Wildman–Crippen LogP) is 2.75. The van der Waals surface area contributed by atoms with Crippen LogP contribution in [0.3, 0.4) is 0 Å². The molecule has 3 rings (SSSR count). The molecule has 0 aliphatic carbocycles. The van der Waals surface area contributed by atoms with E-state index in [4.69, 9.17) is 0 Å². The highest BCUT2D eigenvalue weighted by Gasteiger charge is 2.32. The molecule has 1 saturated heterocycles. The molecule has 6 heteroatoms. The summed E-state index contributed by atoms with van der Waals surface area (Å²) >= 11 is 0. The predicted molar refractivity (Wildman–Crippen MR) is 99.0 cm³/mol. The Morgan fingerprint density at radius 3 is 2.81 bits per heavy atom. The number of benzene rings is 1. The number of carbonyl (C=O) groups excluding carboxylic acids is 1. The lowest BCUT2D eigenvalue weighted by atomic mass is 9.90. The number of aryl methyl sites for hydroxylation is 1. The Morgan fingerprint density at radius 2 is 2.12 bits per heavy atom. The summed E-state index contributed by atoms with van der Waals surface area (Å²) in [5.41, 5.74) is 2.27. The Hall–Kier alpha value is -2.21. The molecule has 140 valence electrons. The summed E-state index contributed by atoms with van der Waals surface area (Å²) in [5.74, 6) is -0.223. The van der Waals surface area contributed by atoms with Crippen LogP contribution in [-0.2, 0) is 24.3 Å². The first-order valence-electron chi connectivity index (χ1n) is 9.31. The molecular formula is C20H27FN4O. The number of rotatable bonds is 6. The summed E-state index contributed by atoms with van der Waals surface area (Å²) in [4.78, 5) is 18.4. The van der Waals surface area contributed by atoms with Crippen LogP contribution in [0, 0.1) is 5.82 Å². The molecule has 0 unspecified atom stereocenters. The lowest BCUT2D eigenvalue weighted by Gasteiger charge is -2.41. The molecule has 1 N–H and O–H groups in total. The first-order chi connectivity index (χ1) is 12.6. The highest BCUT2D eigenvalue weighted by molar-refractivity contribution is 5.73. The SMILES string of the molecule is CCn1cncc1CN1CCC[C@H](NC(C)=O)[C@@H]1Cc1ccc(F)cc1. The van der Waals surface area contributed by atoms with Gasteiger partial charge in [0, 0.05) is 38.3 Å². The fourth-order valence-corrected chi connectivity index (χ4v) is 3.86. The molecule has 2 heterocycles. The number of nitrogens with one attached hydrogen (secondary N) is 1. The third-order valence-electron chi connectivity index (χ3n) is 5.14. The summed E-state index contributed by atoms with van der Waals surface area (Å²) in [6, 6.07) is 6.96. The maximum Gasteiger partial charge on any atom is 0.217 e. The number of likely N-dealkylation sites (tertiary alicyclic amines) is 1. The van der Waals surface area contributed by atoms with Gasteiger partial charge < -0.3 is 9.88 Å². The molecule has 2 aromatic rings. The number of hydrogen-bond donors (Lipinski definition) is 1. The van der Waals surface area contributed by atoms with E-state index >= 15 is 0 Å². The van der Waals surface area contributed by atoms with Crippen LogP contribution in [0.15, 0.2) is 36.8 Å². The van der Waals surface area contributed by atoms with E-state index in [-0.39, 0.29) is 23.8 Å². The number of amides is 1. The van der Waals surface area contributed by atoms with Crippen LogP contribution in [0.5, 0.6) is 0 Å². The van der Waals surface area contributed by atoms with Crippen LogP contribution < -0.4 is 5.32 Å². The quantitative estimate of drug-likeness (QED) is 0.864. The zero-order chi connectivity index (χ0) is 18.5. The number of nitrogens with zero attached hydrogens (tertiary/aromatic N) is 3. The molecule has 0 saturated carbocycles. The molecule has 0 spiro atoms. The Kier molecular flexibility index (Phi) is 6.04. The van der Waals surface area contributed by atoms with Crippen molar-refractivity contribution in [3.63, 3.8) is 0 Å². The molecule has 0 bridgehead atoms. The van der Waals surface area contributed by atoms with Crippen molar-refractivity contribution in [2.75, 3.05) is 6.54 Å². The second kappa shape index (κ2) is 8.45. The maximum absolute atomic E-state index is 13.2. The topological polar surface area (TPSA) is 50.2 Å². The molecule has 1 aliphatic heterocycles. The van der Waals surface area contributed by atoms with Gasteiger partial charge in [0.2, 0.25) is 5.91 Å². The van der Waals surface area contributed by atoms with Crippen LogP contribution in [0.2, 0.25) is 0 Å². The van der Waals surface area contributed by atoms with E-state index < -0.39 is 0 Å². The molecule has 5 nitrogen and oxygen atoms in total. The van der Waals surface area contributed by atoms with Gasteiger partial charge in [-0.15, -0.1) is 0 Å². The number of carbonyl (C=O) groups is 1. The lowest BCUT2D eigenvalue weighted by molar-refractivity contribution is -0.120. The van der Waals surface area contributed by atoms with Crippen molar-refractivity contribution in [2.45, 2.75) is 58.3 Å². The van der Waals surface area contributed by atoms with Crippen LogP contribution in [0.25, 0.3) is 0 Å². The number of imidazole rings is 1. The summed E-state index contributed by atoms with van der Waals surface area (Å²) in [7, 11) is 0. The van der Waals surface area contributed by atoms with Gasteiger partial charge in [-0.1, -0.05) is 12.1 Å². The van der Waals surface area contributed by atoms with E-state index in [1.807, 2.05) is 24.7 Å². The van der Waals surface area contributed by atoms with E-state index in [1.54, 1.807) is 6.92 Å². The average Bonchev–Trinajstić information content (AvgIpc) is 3.06. The Balaban J connectivity index is 1.81. The summed E-state index contributed by atoms with van der Waals surface area (Å²) in [6.45, 7) is 6.35. The van der Waals surface area contributed by atoms with E-state index in [2.05, 4.69) is 26.7 Å². The van der Waals surface area contributed by atoms with Gasteiger partial charge in [0.25, 0.3) is 0 Å². The molecule has 26 heavy (non-hydrogen) atoms. The van der Waals surface area contributed by atoms with Gasteiger partial charge in [-0.25, -0.2) is 9.37 Å². The highest BCUT2D eigenvalue weighted by Crippen LogP contribution is 2.24. The van der Waals surface area contributed by atoms with Crippen LogP contribution in [0.4, 0.5) is 4.39 Å². The minimum atomic E-state index is -0.223. The largest absolute Gasteiger partial charge is 0.352 e. The third-order valence-corrected chi connectivity index (χ3v) is 5.14. The zero-order valence-corrected chi connectivity index (χ0v) is 15.5. The fourth-order valence-electron chi connectivity index (χ4n) is 3.86. The molecule has 1 amide bonds. The third kappa shape index (κ3) is 4.49. The lowest BCUT2D eigenvalue weighted by Crippen LogP contribution is -2.55. The highest BCUT2D eigenvalue weighted by atomic mass is 19.1. The van der Waals surface area contributed by atoms with Crippen molar-refractivity contribution in [2.24, 2.45) is 0 Å². The first kappa shape index (κ1) is 18.6. The van der Waals surface area contributed by atoms with Gasteiger partial charge >= 0.3 is 0 Å². The fraction of sp³-hybridized carbons (Fsp3) is 0.500. The van der Waals surface area contributed by atoms with Crippen molar-refractivity contribution in [1.29, 1.82) is 0 Å².